The van der Waals surface area contributed by atoms with Crippen LogP contribution in [-0.2, 0) is 16.1 Å². The van der Waals surface area contributed by atoms with Crippen molar-refractivity contribution >= 4 is 29.2 Å². The predicted molar refractivity (Wildman–Crippen MR) is 124 cm³/mol. The lowest BCUT2D eigenvalue weighted by molar-refractivity contribution is -0.134. The van der Waals surface area contributed by atoms with E-state index in [4.69, 9.17) is 10.2 Å². The molecule has 1 unspecified atom stereocenters. The van der Waals surface area contributed by atoms with Crippen LogP contribution in [0.2, 0.25) is 0 Å². The summed E-state index contributed by atoms with van der Waals surface area (Å²) in [6.45, 7) is 3.75. The normalized spacial score (nSPS) is 17.4. The van der Waals surface area contributed by atoms with Crippen LogP contribution >= 0.6 is 11.3 Å². The summed E-state index contributed by atoms with van der Waals surface area (Å²) in [5.41, 5.74) is 1.52. The van der Waals surface area contributed by atoms with Gasteiger partial charge in [0.05, 0.1) is 11.0 Å². The van der Waals surface area contributed by atoms with Gasteiger partial charge in [-0.3, -0.25) is 4.79 Å². The number of piperidine rings is 1. The molecule has 1 aromatic carbocycles. The summed E-state index contributed by atoms with van der Waals surface area (Å²) in [6, 6.07) is 8.46. The van der Waals surface area contributed by atoms with E-state index in [1.165, 1.54) is 17.4 Å². The zero-order valence-electron chi connectivity index (χ0n) is 18.5. The van der Waals surface area contributed by atoms with Crippen molar-refractivity contribution in [1.29, 1.82) is 0 Å². The minimum absolute atomic E-state index is 0.174. The van der Waals surface area contributed by atoms with Crippen LogP contribution in [-0.4, -0.2) is 69.1 Å². The SMILES string of the molecule is O=C(O)/C=C/C(=O)O.O=C1c2sccc2CN1CC1CCN(CC(O)c2ccccc2F)CC1. The number of carbonyl (C=O) groups excluding carboxylic acids is 1. The summed E-state index contributed by atoms with van der Waals surface area (Å²) in [5, 5.41) is 27.9. The van der Waals surface area contributed by atoms with Crippen LogP contribution in [0, 0.1) is 11.7 Å². The van der Waals surface area contributed by atoms with Gasteiger partial charge in [-0.05, 0) is 54.9 Å². The summed E-state index contributed by atoms with van der Waals surface area (Å²) in [6.07, 6.45) is 2.32. The molecule has 0 bridgehead atoms. The number of hydrogen-bond donors (Lipinski definition) is 3. The topological polar surface area (TPSA) is 118 Å². The van der Waals surface area contributed by atoms with Crippen molar-refractivity contribution in [3.8, 4) is 0 Å². The molecule has 1 aromatic heterocycles. The van der Waals surface area contributed by atoms with Crippen molar-refractivity contribution in [2.75, 3.05) is 26.2 Å². The van der Waals surface area contributed by atoms with Gasteiger partial charge in [-0.2, -0.15) is 0 Å². The molecule has 4 rings (SSSR count). The number of β-amino-alcohol motifs (C(OH)–C–C–N with tert-alkyl or cyclic N) is 1. The third kappa shape index (κ3) is 6.96. The van der Waals surface area contributed by atoms with E-state index in [0.29, 0.717) is 30.2 Å². The molecule has 0 saturated carbocycles. The number of rotatable bonds is 7. The molecular formula is C24H27FN2O6S. The van der Waals surface area contributed by atoms with Crippen LogP contribution in [0.15, 0.2) is 47.9 Å². The number of aliphatic hydroxyl groups excluding tert-OH is 1. The Balaban J connectivity index is 0.000000350. The van der Waals surface area contributed by atoms with Crippen LogP contribution in [0.25, 0.3) is 0 Å². The Labute approximate surface area is 200 Å². The molecule has 10 heteroatoms. The number of carbonyl (C=O) groups is 3. The van der Waals surface area contributed by atoms with E-state index in [-0.39, 0.29) is 11.7 Å². The van der Waals surface area contributed by atoms with Crippen LogP contribution in [0.5, 0.6) is 0 Å². The minimum atomic E-state index is -1.26. The lowest BCUT2D eigenvalue weighted by atomic mass is 9.95. The largest absolute Gasteiger partial charge is 0.478 e. The number of benzene rings is 1. The van der Waals surface area contributed by atoms with E-state index in [9.17, 15) is 23.9 Å². The third-order valence-corrected chi connectivity index (χ3v) is 6.78. The highest BCUT2D eigenvalue weighted by Gasteiger charge is 2.31. The molecule has 1 atom stereocenters. The average molecular weight is 491 g/mol. The fourth-order valence-corrected chi connectivity index (χ4v) is 4.99. The van der Waals surface area contributed by atoms with Gasteiger partial charge in [0, 0.05) is 37.3 Å². The molecular weight excluding hydrogens is 463 g/mol. The molecule has 0 radical (unpaired) electrons. The molecule has 3 heterocycles. The van der Waals surface area contributed by atoms with Gasteiger partial charge in [0.1, 0.15) is 5.82 Å². The first-order chi connectivity index (χ1) is 16.2. The van der Waals surface area contributed by atoms with Crippen LogP contribution in [0.4, 0.5) is 4.39 Å². The van der Waals surface area contributed by atoms with Gasteiger partial charge >= 0.3 is 11.9 Å². The van der Waals surface area contributed by atoms with Gasteiger partial charge in [-0.25, -0.2) is 14.0 Å². The maximum absolute atomic E-state index is 13.8. The van der Waals surface area contributed by atoms with Crippen molar-refractivity contribution < 1.29 is 34.1 Å². The smallest absolute Gasteiger partial charge is 0.328 e. The second-order valence-corrected chi connectivity index (χ2v) is 9.17. The first-order valence-electron chi connectivity index (χ1n) is 10.9. The number of aliphatic carboxylic acids is 2. The number of carboxylic acids is 2. The molecule has 2 aliphatic rings. The highest BCUT2D eigenvalue weighted by molar-refractivity contribution is 7.12. The van der Waals surface area contributed by atoms with Gasteiger partial charge in [-0.15, -0.1) is 11.3 Å². The van der Waals surface area contributed by atoms with Gasteiger partial charge in [0.15, 0.2) is 0 Å². The summed E-state index contributed by atoms with van der Waals surface area (Å²) < 4.78 is 13.8. The molecule has 1 fully saturated rings. The standard InChI is InChI=1S/C20H23FN2O2S.C4H4O4/c21-17-4-2-1-3-16(17)18(24)13-22-8-5-14(6-9-22)11-23-12-15-7-10-26-19(15)20(23)25;5-3(6)1-2-4(7)8/h1-4,7,10,14,18,24H,5-6,8-9,11-13H2;1-2H,(H,5,6)(H,7,8)/b;2-1+. The van der Waals surface area contributed by atoms with Crippen molar-refractivity contribution in [1.82, 2.24) is 9.80 Å². The number of halogens is 1. The molecule has 0 spiro atoms. The van der Waals surface area contributed by atoms with Crippen LogP contribution < -0.4 is 0 Å². The van der Waals surface area contributed by atoms with E-state index < -0.39 is 18.0 Å². The van der Waals surface area contributed by atoms with E-state index >= 15 is 0 Å². The Kier molecular flexibility index (Phi) is 8.91. The second-order valence-electron chi connectivity index (χ2n) is 8.25. The molecule has 34 heavy (non-hydrogen) atoms. The molecule has 2 aliphatic heterocycles. The molecule has 8 nitrogen and oxygen atoms in total. The summed E-state index contributed by atoms with van der Waals surface area (Å²) in [7, 11) is 0. The second kappa shape index (κ2) is 11.9. The first kappa shape index (κ1) is 25.5. The zero-order valence-corrected chi connectivity index (χ0v) is 19.3. The van der Waals surface area contributed by atoms with Gasteiger partial charge < -0.3 is 25.1 Å². The van der Waals surface area contributed by atoms with E-state index in [0.717, 1.165) is 49.5 Å². The van der Waals surface area contributed by atoms with E-state index in [1.807, 2.05) is 16.3 Å². The first-order valence-corrected chi connectivity index (χ1v) is 11.8. The number of thiophene rings is 1. The van der Waals surface area contributed by atoms with Crippen LogP contribution in [0.3, 0.4) is 0 Å². The van der Waals surface area contributed by atoms with Crippen molar-refractivity contribution in [3.63, 3.8) is 0 Å². The molecule has 1 saturated heterocycles. The number of aliphatic hydroxyl groups is 1. The number of likely N-dealkylation sites (tertiary alicyclic amines) is 1. The molecule has 2 aromatic rings. The molecule has 3 N–H and O–H groups in total. The number of hydrogen-bond acceptors (Lipinski definition) is 6. The fourth-order valence-electron chi connectivity index (χ4n) is 4.11. The highest BCUT2D eigenvalue weighted by atomic mass is 32.1. The predicted octanol–water partition coefficient (Wildman–Crippen LogP) is 3.00. The van der Waals surface area contributed by atoms with Crippen LogP contribution in [0.1, 0.15) is 39.7 Å². The third-order valence-electron chi connectivity index (χ3n) is 5.84. The Morgan fingerprint density at radius 1 is 1.12 bits per heavy atom. The average Bonchev–Trinajstić information content (AvgIpc) is 3.37. The molecule has 0 aliphatic carbocycles. The van der Waals surface area contributed by atoms with E-state index in [2.05, 4.69) is 4.90 Å². The van der Waals surface area contributed by atoms with Gasteiger partial charge in [-0.1, -0.05) is 18.2 Å². The molecule has 1 amide bonds. The number of nitrogens with zero attached hydrogens (tertiary/aromatic N) is 2. The minimum Gasteiger partial charge on any atom is -0.478 e. The van der Waals surface area contributed by atoms with Gasteiger partial charge in [0.2, 0.25) is 0 Å². The monoisotopic (exact) mass is 490 g/mol. The molecule has 182 valence electrons. The van der Waals surface area contributed by atoms with Crippen molar-refractivity contribution in [2.45, 2.75) is 25.5 Å². The quantitative estimate of drug-likeness (QED) is 0.511. The lowest BCUT2D eigenvalue weighted by Gasteiger charge is -2.34. The number of carboxylic acid groups (broad SMARTS) is 2. The van der Waals surface area contributed by atoms with Gasteiger partial charge in [0.25, 0.3) is 5.91 Å². The Morgan fingerprint density at radius 2 is 1.76 bits per heavy atom. The zero-order chi connectivity index (χ0) is 24.7. The fraction of sp³-hybridized carbons (Fsp3) is 0.375. The maximum Gasteiger partial charge on any atom is 0.328 e. The van der Waals surface area contributed by atoms with Crippen molar-refractivity contribution in [3.05, 3.63) is 69.7 Å². The maximum atomic E-state index is 13.8. The number of fused-ring (bicyclic) bond motifs is 1. The number of amides is 1. The van der Waals surface area contributed by atoms with E-state index in [1.54, 1.807) is 18.2 Å². The van der Waals surface area contributed by atoms with Crippen molar-refractivity contribution in [2.24, 2.45) is 5.92 Å². The summed E-state index contributed by atoms with van der Waals surface area (Å²) in [5.74, 6) is -2.20. The summed E-state index contributed by atoms with van der Waals surface area (Å²) >= 11 is 1.53. The Morgan fingerprint density at radius 3 is 2.35 bits per heavy atom. The lowest BCUT2D eigenvalue weighted by Crippen LogP contribution is -2.40. The Bertz CT molecular complexity index is 1030. The summed E-state index contributed by atoms with van der Waals surface area (Å²) in [4.78, 5) is 36.6. The highest BCUT2D eigenvalue weighted by Crippen LogP contribution is 2.30. The Hall–Kier alpha value is -3.08.